The van der Waals surface area contributed by atoms with Crippen LogP contribution in [0.15, 0.2) is 53.4 Å². The van der Waals surface area contributed by atoms with Gasteiger partial charge in [0, 0.05) is 23.4 Å². The molecule has 1 aliphatic rings. The van der Waals surface area contributed by atoms with Crippen molar-refractivity contribution >= 4 is 21.6 Å². The summed E-state index contributed by atoms with van der Waals surface area (Å²) in [5, 5.41) is 2.75. The zero-order valence-electron chi connectivity index (χ0n) is 14.6. The lowest BCUT2D eigenvalue weighted by Crippen LogP contribution is -2.32. The van der Waals surface area contributed by atoms with E-state index in [4.69, 9.17) is 4.74 Å². The molecule has 0 radical (unpaired) electrons. The molecule has 0 aliphatic heterocycles. The summed E-state index contributed by atoms with van der Waals surface area (Å²) in [5.41, 5.74) is 0.855. The van der Waals surface area contributed by atoms with E-state index in [0.29, 0.717) is 11.4 Å². The summed E-state index contributed by atoms with van der Waals surface area (Å²) in [7, 11) is -2.09. The van der Waals surface area contributed by atoms with Crippen LogP contribution in [0.25, 0.3) is 0 Å². The summed E-state index contributed by atoms with van der Waals surface area (Å²) < 4.78 is 32.9. The number of hydrogen-bond acceptors (Lipinski definition) is 4. The fraction of sp³-hybridized carbons (Fsp3) is 0.316. The van der Waals surface area contributed by atoms with E-state index in [0.717, 1.165) is 25.7 Å². The molecule has 0 aromatic heterocycles. The molecule has 0 saturated heterocycles. The zero-order valence-corrected chi connectivity index (χ0v) is 15.4. The Morgan fingerprint density at radius 3 is 2.54 bits per heavy atom. The molecule has 2 aromatic rings. The van der Waals surface area contributed by atoms with Gasteiger partial charge in [0.1, 0.15) is 5.75 Å². The van der Waals surface area contributed by atoms with Gasteiger partial charge < -0.3 is 10.1 Å². The van der Waals surface area contributed by atoms with Crippen molar-refractivity contribution in [2.75, 3.05) is 12.4 Å². The van der Waals surface area contributed by atoms with Crippen molar-refractivity contribution in [2.24, 2.45) is 0 Å². The second-order valence-electron chi connectivity index (χ2n) is 6.32. The number of benzene rings is 2. The molecule has 6 nitrogen and oxygen atoms in total. The maximum Gasteiger partial charge on any atom is 0.255 e. The summed E-state index contributed by atoms with van der Waals surface area (Å²) in [5.74, 6) is 0.246. The predicted molar refractivity (Wildman–Crippen MR) is 100.0 cm³/mol. The van der Waals surface area contributed by atoms with E-state index in [-0.39, 0.29) is 22.4 Å². The van der Waals surface area contributed by atoms with Gasteiger partial charge in [0.25, 0.3) is 5.91 Å². The molecule has 0 spiro atoms. The van der Waals surface area contributed by atoms with Gasteiger partial charge >= 0.3 is 0 Å². The number of ether oxygens (including phenoxy) is 1. The average molecular weight is 374 g/mol. The van der Waals surface area contributed by atoms with Crippen molar-refractivity contribution in [3.63, 3.8) is 0 Å². The van der Waals surface area contributed by atoms with Crippen LogP contribution in [0.2, 0.25) is 0 Å². The molecular weight excluding hydrogens is 352 g/mol. The fourth-order valence-corrected chi connectivity index (χ4v) is 4.39. The Hall–Kier alpha value is -2.38. The monoisotopic (exact) mass is 374 g/mol. The van der Waals surface area contributed by atoms with Crippen LogP contribution >= 0.6 is 0 Å². The van der Waals surface area contributed by atoms with Gasteiger partial charge in [-0.3, -0.25) is 4.79 Å². The van der Waals surface area contributed by atoms with Crippen molar-refractivity contribution in [1.29, 1.82) is 0 Å². The van der Waals surface area contributed by atoms with Crippen LogP contribution in [-0.4, -0.2) is 27.5 Å². The molecule has 7 heteroatoms. The fourth-order valence-electron chi connectivity index (χ4n) is 3.04. The Labute approximate surface area is 153 Å². The molecule has 1 amide bonds. The Morgan fingerprint density at radius 2 is 1.81 bits per heavy atom. The molecule has 0 atom stereocenters. The molecule has 0 unspecified atom stereocenters. The summed E-state index contributed by atoms with van der Waals surface area (Å²) in [6.07, 6.45) is 3.79. The van der Waals surface area contributed by atoms with Gasteiger partial charge in [0.15, 0.2) is 0 Å². The van der Waals surface area contributed by atoms with Gasteiger partial charge in [-0.15, -0.1) is 0 Å². The quantitative estimate of drug-likeness (QED) is 0.813. The van der Waals surface area contributed by atoms with Crippen LogP contribution in [0, 0.1) is 0 Å². The highest BCUT2D eigenvalue weighted by molar-refractivity contribution is 7.89. The highest BCUT2D eigenvalue weighted by Gasteiger charge is 2.23. The number of anilines is 1. The third-order valence-electron chi connectivity index (χ3n) is 4.41. The number of sulfonamides is 1. The van der Waals surface area contributed by atoms with Gasteiger partial charge in [0.2, 0.25) is 10.0 Å². The van der Waals surface area contributed by atoms with E-state index in [2.05, 4.69) is 10.0 Å². The van der Waals surface area contributed by atoms with Gasteiger partial charge in [-0.25, -0.2) is 13.1 Å². The Bertz CT molecular complexity index is 890. The first kappa shape index (κ1) is 18.4. The second-order valence-corrected chi connectivity index (χ2v) is 8.03. The SMILES string of the molecule is COc1cccc(NC(=O)c2cccc(S(=O)(=O)NC3CCCC3)c2)c1. The molecule has 1 saturated carbocycles. The largest absolute Gasteiger partial charge is 0.497 e. The normalized spacial score (nSPS) is 15.0. The highest BCUT2D eigenvalue weighted by atomic mass is 32.2. The third-order valence-corrected chi connectivity index (χ3v) is 5.93. The minimum Gasteiger partial charge on any atom is -0.497 e. The van der Waals surface area contributed by atoms with Crippen LogP contribution < -0.4 is 14.8 Å². The Morgan fingerprint density at radius 1 is 1.08 bits per heavy atom. The van der Waals surface area contributed by atoms with Crippen molar-refractivity contribution < 1.29 is 17.9 Å². The standard InChI is InChI=1S/C19H22N2O4S/c1-25-17-10-5-9-16(13-17)20-19(22)14-6-4-11-18(12-14)26(23,24)21-15-7-2-3-8-15/h4-6,9-13,15,21H,2-3,7-8H2,1H3,(H,20,22). The van der Waals surface area contributed by atoms with Gasteiger partial charge in [-0.05, 0) is 43.2 Å². The van der Waals surface area contributed by atoms with Gasteiger partial charge in [-0.1, -0.05) is 25.0 Å². The minimum atomic E-state index is -3.63. The molecule has 1 fully saturated rings. The summed E-state index contributed by atoms with van der Waals surface area (Å²) in [4.78, 5) is 12.6. The first-order valence-electron chi connectivity index (χ1n) is 8.56. The number of hydrogen-bond donors (Lipinski definition) is 2. The smallest absolute Gasteiger partial charge is 0.255 e. The average Bonchev–Trinajstić information content (AvgIpc) is 3.14. The maximum absolute atomic E-state index is 12.5. The van der Waals surface area contributed by atoms with E-state index in [1.807, 2.05) is 0 Å². The van der Waals surface area contributed by atoms with Gasteiger partial charge in [-0.2, -0.15) is 0 Å². The first-order chi connectivity index (χ1) is 12.5. The van der Waals surface area contributed by atoms with Crippen LogP contribution in [0.1, 0.15) is 36.0 Å². The second kappa shape index (κ2) is 7.88. The lowest BCUT2D eigenvalue weighted by molar-refractivity contribution is 0.102. The predicted octanol–water partition coefficient (Wildman–Crippen LogP) is 3.17. The third kappa shape index (κ3) is 4.42. The maximum atomic E-state index is 12.5. The van der Waals surface area contributed by atoms with Crippen LogP contribution in [-0.2, 0) is 10.0 Å². The number of nitrogens with one attached hydrogen (secondary N) is 2. The zero-order chi connectivity index (χ0) is 18.6. The number of carbonyl (C=O) groups excluding carboxylic acids is 1. The van der Waals surface area contributed by atoms with Crippen molar-refractivity contribution in [3.8, 4) is 5.75 Å². The number of rotatable bonds is 6. The van der Waals surface area contributed by atoms with Crippen molar-refractivity contribution in [1.82, 2.24) is 4.72 Å². The van der Waals surface area contributed by atoms with Crippen LogP contribution in [0.4, 0.5) is 5.69 Å². The number of amides is 1. The number of methoxy groups -OCH3 is 1. The topological polar surface area (TPSA) is 84.5 Å². The summed E-state index contributed by atoms with van der Waals surface area (Å²) in [6, 6.07) is 13.0. The minimum absolute atomic E-state index is 0.0192. The molecular formula is C19H22N2O4S. The van der Waals surface area contributed by atoms with E-state index < -0.39 is 10.0 Å². The molecule has 3 rings (SSSR count). The van der Waals surface area contributed by atoms with Gasteiger partial charge in [0.05, 0.1) is 12.0 Å². The molecule has 2 N–H and O–H groups in total. The van der Waals surface area contributed by atoms with Crippen molar-refractivity contribution in [3.05, 3.63) is 54.1 Å². The lowest BCUT2D eigenvalue weighted by Gasteiger charge is -2.13. The summed E-state index contributed by atoms with van der Waals surface area (Å²) >= 11 is 0. The molecule has 26 heavy (non-hydrogen) atoms. The van der Waals surface area contributed by atoms with E-state index in [1.54, 1.807) is 43.5 Å². The Balaban J connectivity index is 1.76. The van der Waals surface area contributed by atoms with E-state index >= 15 is 0 Å². The molecule has 0 bridgehead atoms. The number of carbonyl (C=O) groups is 1. The molecule has 2 aromatic carbocycles. The van der Waals surface area contributed by atoms with Crippen LogP contribution in [0.5, 0.6) is 5.75 Å². The lowest BCUT2D eigenvalue weighted by atomic mass is 10.2. The highest BCUT2D eigenvalue weighted by Crippen LogP contribution is 2.21. The molecule has 0 heterocycles. The summed E-state index contributed by atoms with van der Waals surface area (Å²) in [6.45, 7) is 0. The Kier molecular flexibility index (Phi) is 5.58. The van der Waals surface area contributed by atoms with E-state index in [1.165, 1.54) is 12.1 Å². The van der Waals surface area contributed by atoms with Crippen molar-refractivity contribution in [2.45, 2.75) is 36.6 Å². The first-order valence-corrected chi connectivity index (χ1v) is 10.0. The van der Waals surface area contributed by atoms with Crippen LogP contribution in [0.3, 0.4) is 0 Å². The molecule has 138 valence electrons. The molecule has 1 aliphatic carbocycles. The van der Waals surface area contributed by atoms with E-state index in [9.17, 15) is 13.2 Å².